The Labute approximate surface area is 154 Å². The van der Waals surface area contributed by atoms with Gasteiger partial charge in [0.15, 0.2) is 0 Å². The van der Waals surface area contributed by atoms with Crippen molar-refractivity contribution in [3.8, 4) is 0 Å². The van der Waals surface area contributed by atoms with Crippen molar-refractivity contribution in [3.05, 3.63) is 59.2 Å². The largest absolute Gasteiger partial charge is 0.383 e. The highest BCUT2D eigenvalue weighted by Crippen LogP contribution is 2.16. The van der Waals surface area contributed by atoms with E-state index in [1.54, 1.807) is 6.92 Å². The molecule has 1 atom stereocenters. The zero-order valence-electron chi connectivity index (χ0n) is 15.4. The summed E-state index contributed by atoms with van der Waals surface area (Å²) in [5.41, 5.74) is 3.31. The number of sulfonamides is 1. The van der Waals surface area contributed by atoms with E-state index in [9.17, 15) is 13.2 Å². The van der Waals surface area contributed by atoms with Gasteiger partial charge in [-0.05, 0) is 68.3 Å². The van der Waals surface area contributed by atoms with E-state index in [2.05, 4.69) is 10.0 Å². The highest BCUT2D eigenvalue weighted by atomic mass is 32.2. The van der Waals surface area contributed by atoms with E-state index >= 15 is 0 Å². The summed E-state index contributed by atoms with van der Waals surface area (Å²) in [7, 11) is -2.15. The van der Waals surface area contributed by atoms with Crippen LogP contribution in [0.5, 0.6) is 0 Å². The molecule has 0 unspecified atom stereocenters. The Morgan fingerprint density at radius 1 is 1.08 bits per heavy atom. The maximum Gasteiger partial charge on any atom is 0.255 e. The Bertz CT molecular complexity index is 877. The number of benzene rings is 2. The highest BCUT2D eigenvalue weighted by Gasteiger charge is 2.18. The van der Waals surface area contributed by atoms with Crippen molar-refractivity contribution in [1.29, 1.82) is 0 Å². The lowest BCUT2D eigenvalue weighted by Gasteiger charge is -2.13. The molecule has 7 heteroatoms. The molecule has 0 bridgehead atoms. The molecule has 0 heterocycles. The molecule has 2 rings (SSSR count). The first kappa shape index (κ1) is 20.1. The van der Waals surface area contributed by atoms with Crippen molar-refractivity contribution >= 4 is 21.6 Å². The molecule has 26 heavy (non-hydrogen) atoms. The molecule has 0 aromatic heterocycles. The number of amides is 1. The summed E-state index contributed by atoms with van der Waals surface area (Å²) >= 11 is 0. The van der Waals surface area contributed by atoms with E-state index in [1.807, 2.05) is 32.0 Å². The van der Waals surface area contributed by atoms with Gasteiger partial charge in [0.25, 0.3) is 5.91 Å². The van der Waals surface area contributed by atoms with Gasteiger partial charge in [-0.1, -0.05) is 6.07 Å². The molecule has 0 aliphatic carbocycles. The van der Waals surface area contributed by atoms with Crippen LogP contribution in [0.1, 0.15) is 28.4 Å². The van der Waals surface area contributed by atoms with Gasteiger partial charge in [0.1, 0.15) is 0 Å². The summed E-state index contributed by atoms with van der Waals surface area (Å²) in [5.74, 6) is -0.294. The number of hydrogen-bond acceptors (Lipinski definition) is 4. The number of ether oxygens (including phenoxy) is 1. The summed E-state index contributed by atoms with van der Waals surface area (Å²) in [6, 6.07) is 11.1. The van der Waals surface area contributed by atoms with Crippen LogP contribution in [0.3, 0.4) is 0 Å². The Morgan fingerprint density at radius 2 is 1.73 bits per heavy atom. The second-order valence-corrected chi connectivity index (χ2v) is 7.97. The fourth-order valence-corrected chi connectivity index (χ4v) is 3.65. The molecule has 0 fully saturated rings. The maximum atomic E-state index is 12.3. The van der Waals surface area contributed by atoms with E-state index in [-0.39, 0.29) is 23.5 Å². The number of anilines is 1. The summed E-state index contributed by atoms with van der Waals surface area (Å²) < 4.78 is 32.0. The minimum Gasteiger partial charge on any atom is -0.383 e. The number of nitrogens with one attached hydrogen (secondary N) is 2. The van der Waals surface area contributed by atoms with E-state index in [0.29, 0.717) is 11.3 Å². The lowest BCUT2D eigenvalue weighted by Crippen LogP contribution is -2.35. The van der Waals surface area contributed by atoms with Crippen LogP contribution < -0.4 is 10.0 Å². The topological polar surface area (TPSA) is 84.5 Å². The van der Waals surface area contributed by atoms with Gasteiger partial charge in [0.2, 0.25) is 10.0 Å². The van der Waals surface area contributed by atoms with Crippen molar-refractivity contribution in [1.82, 2.24) is 4.72 Å². The SMILES string of the molecule is COC[C@H](C)NS(=O)(=O)c1ccc(C(=O)Nc2ccc(C)c(C)c2)cc1. The highest BCUT2D eigenvalue weighted by molar-refractivity contribution is 7.89. The van der Waals surface area contributed by atoms with Gasteiger partial charge < -0.3 is 10.1 Å². The monoisotopic (exact) mass is 376 g/mol. The number of carbonyl (C=O) groups is 1. The first-order chi connectivity index (χ1) is 12.2. The van der Waals surface area contributed by atoms with E-state index in [0.717, 1.165) is 11.1 Å². The molecular formula is C19H24N2O4S. The number of hydrogen-bond donors (Lipinski definition) is 2. The van der Waals surface area contributed by atoms with E-state index in [1.165, 1.54) is 31.4 Å². The third-order valence-electron chi connectivity index (χ3n) is 3.96. The van der Waals surface area contributed by atoms with Gasteiger partial charge in [0, 0.05) is 24.4 Å². The van der Waals surface area contributed by atoms with Gasteiger partial charge >= 0.3 is 0 Å². The molecule has 1 amide bonds. The van der Waals surface area contributed by atoms with Crippen molar-refractivity contribution < 1.29 is 17.9 Å². The minimum absolute atomic E-state index is 0.100. The summed E-state index contributed by atoms with van der Waals surface area (Å²) in [4.78, 5) is 12.4. The van der Waals surface area contributed by atoms with Crippen LogP contribution in [0.15, 0.2) is 47.4 Å². The Morgan fingerprint density at radius 3 is 2.31 bits per heavy atom. The normalized spacial score (nSPS) is 12.6. The zero-order valence-corrected chi connectivity index (χ0v) is 16.2. The molecule has 0 saturated carbocycles. The van der Waals surface area contributed by atoms with E-state index in [4.69, 9.17) is 4.74 Å². The van der Waals surface area contributed by atoms with Gasteiger partial charge in [-0.3, -0.25) is 4.79 Å². The number of aryl methyl sites for hydroxylation is 2. The lowest BCUT2D eigenvalue weighted by atomic mass is 10.1. The molecule has 2 aromatic carbocycles. The molecule has 6 nitrogen and oxygen atoms in total. The first-order valence-electron chi connectivity index (χ1n) is 8.23. The quantitative estimate of drug-likeness (QED) is 0.778. The molecule has 0 aliphatic rings. The van der Waals surface area contributed by atoms with Crippen LogP contribution >= 0.6 is 0 Å². The fourth-order valence-electron chi connectivity index (χ4n) is 2.42. The average molecular weight is 376 g/mol. The van der Waals surface area contributed by atoms with Gasteiger partial charge in [-0.25, -0.2) is 13.1 Å². The fraction of sp³-hybridized carbons (Fsp3) is 0.316. The summed E-state index contributed by atoms with van der Waals surface area (Å²) in [6.45, 7) is 5.96. The van der Waals surface area contributed by atoms with Crippen molar-refractivity contribution in [2.75, 3.05) is 19.0 Å². The van der Waals surface area contributed by atoms with Crippen molar-refractivity contribution in [2.24, 2.45) is 0 Å². The number of rotatable bonds is 7. The van der Waals surface area contributed by atoms with Crippen LogP contribution in [0.25, 0.3) is 0 Å². The molecule has 2 aromatic rings. The Kier molecular flexibility index (Phi) is 6.52. The molecule has 0 radical (unpaired) electrons. The lowest BCUT2D eigenvalue weighted by molar-refractivity contribution is 0.102. The third-order valence-corrected chi connectivity index (χ3v) is 5.57. The minimum atomic E-state index is -3.66. The van der Waals surface area contributed by atoms with Crippen molar-refractivity contribution in [3.63, 3.8) is 0 Å². The molecular weight excluding hydrogens is 352 g/mol. The maximum absolute atomic E-state index is 12.3. The van der Waals surface area contributed by atoms with Crippen LogP contribution in [0, 0.1) is 13.8 Å². The number of methoxy groups -OCH3 is 1. The zero-order chi connectivity index (χ0) is 19.3. The van der Waals surface area contributed by atoms with Crippen molar-refractivity contribution in [2.45, 2.75) is 31.7 Å². The van der Waals surface area contributed by atoms with Crippen LogP contribution in [0.4, 0.5) is 5.69 Å². The van der Waals surface area contributed by atoms with Gasteiger partial charge in [-0.2, -0.15) is 0 Å². The Hall–Kier alpha value is -2.22. The molecule has 0 saturated heterocycles. The molecule has 2 N–H and O–H groups in total. The molecule has 140 valence electrons. The smallest absolute Gasteiger partial charge is 0.255 e. The van der Waals surface area contributed by atoms with Gasteiger partial charge in [0.05, 0.1) is 11.5 Å². The van der Waals surface area contributed by atoms with Crippen LogP contribution in [0.2, 0.25) is 0 Å². The molecule has 0 spiro atoms. The predicted molar refractivity (Wildman–Crippen MR) is 102 cm³/mol. The van der Waals surface area contributed by atoms with Crippen LogP contribution in [-0.2, 0) is 14.8 Å². The average Bonchev–Trinajstić information content (AvgIpc) is 2.58. The second kappa shape index (κ2) is 8.44. The standard InChI is InChI=1S/C19H24N2O4S/c1-13-5-8-17(11-14(13)2)20-19(22)16-6-9-18(10-7-16)26(23,24)21-15(3)12-25-4/h5-11,15,21H,12H2,1-4H3,(H,20,22)/t15-/m0/s1. The second-order valence-electron chi connectivity index (χ2n) is 6.26. The summed E-state index contributed by atoms with van der Waals surface area (Å²) in [5, 5.41) is 2.81. The van der Waals surface area contributed by atoms with Gasteiger partial charge in [-0.15, -0.1) is 0 Å². The predicted octanol–water partition coefficient (Wildman–Crippen LogP) is 2.87. The molecule has 0 aliphatic heterocycles. The number of carbonyl (C=O) groups excluding carboxylic acids is 1. The third kappa shape index (κ3) is 5.14. The van der Waals surface area contributed by atoms with E-state index < -0.39 is 10.0 Å². The summed E-state index contributed by atoms with van der Waals surface area (Å²) in [6.07, 6.45) is 0. The van der Waals surface area contributed by atoms with Crippen LogP contribution in [-0.4, -0.2) is 34.1 Å². The Balaban J connectivity index is 2.10. The first-order valence-corrected chi connectivity index (χ1v) is 9.71.